The molecule has 0 fully saturated rings. The number of esters is 1. The second-order valence-corrected chi connectivity index (χ2v) is 5.62. The van der Waals surface area contributed by atoms with Crippen molar-refractivity contribution in [2.45, 2.75) is 13.5 Å². The van der Waals surface area contributed by atoms with E-state index in [4.69, 9.17) is 9.47 Å². The van der Waals surface area contributed by atoms with Crippen molar-refractivity contribution in [1.29, 1.82) is 0 Å². The summed E-state index contributed by atoms with van der Waals surface area (Å²) in [6.07, 6.45) is 0. The number of nitrogens with zero attached hydrogens (tertiary/aromatic N) is 3. The number of rotatable bonds is 6. The van der Waals surface area contributed by atoms with Gasteiger partial charge >= 0.3 is 11.7 Å². The van der Waals surface area contributed by atoms with E-state index in [1.807, 2.05) is 0 Å². The average molecular weight is 369 g/mol. The third-order valence-corrected chi connectivity index (χ3v) is 3.72. The Balaban J connectivity index is 1.64. The number of aromatic nitrogens is 2. The lowest BCUT2D eigenvalue weighted by Gasteiger charge is -2.08. The first-order valence-corrected chi connectivity index (χ1v) is 7.96. The second kappa shape index (κ2) is 7.65. The zero-order valence-electron chi connectivity index (χ0n) is 14.3. The predicted octanol–water partition coefficient (Wildman–Crippen LogP) is 2.03. The Labute approximate surface area is 152 Å². The van der Waals surface area contributed by atoms with E-state index >= 15 is 0 Å². The summed E-state index contributed by atoms with van der Waals surface area (Å²) in [6, 6.07) is 12.2. The van der Waals surface area contributed by atoms with E-state index in [1.165, 1.54) is 28.7 Å². The van der Waals surface area contributed by atoms with Crippen molar-refractivity contribution < 1.29 is 19.2 Å². The molecule has 0 aliphatic carbocycles. The molecule has 0 spiro atoms. The number of nitro benzene ring substituents is 1. The van der Waals surface area contributed by atoms with Gasteiger partial charge < -0.3 is 9.47 Å². The highest BCUT2D eigenvalue weighted by Crippen LogP contribution is 2.25. The normalized spacial score (nSPS) is 10.6. The molecular formula is C18H15N3O6. The van der Waals surface area contributed by atoms with Crippen molar-refractivity contribution in [2.75, 3.05) is 6.61 Å². The fourth-order valence-corrected chi connectivity index (χ4v) is 2.50. The molecule has 0 saturated heterocycles. The number of carbonyl (C=O) groups is 1. The number of para-hydroxylation sites is 2. The maximum absolute atomic E-state index is 12.2. The van der Waals surface area contributed by atoms with E-state index in [1.54, 1.807) is 31.2 Å². The third-order valence-electron chi connectivity index (χ3n) is 3.72. The summed E-state index contributed by atoms with van der Waals surface area (Å²) in [5.74, 6) is -0.767. The molecule has 3 rings (SSSR count). The Morgan fingerprint density at radius 1 is 1.22 bits per heavy atom. The van der Waals surface area contributed by atoms with Gasteiger partial charge in [-0.1, -0.05) is 18.2 Å². The van der Waals surface area contributed by atoms with E-state index in [2.05, 4.69) is 4.98 Å². The zero-order valence-corrected chi connectivity index (χ0v) is 14.3. The molecule has 9 heteroatoms. The van der Waals surface area contributed by atoms with Gasteiger partial charge in [-0.2, -0.15) is 0 Å². The number of pyridine rings is 1. The molecule has 0 saturated carbocycles. The van der Waals surface area contributed by atoms with Crippen molar-refractivity contribution in [3.05, 3.63) is 80.4 Å². The van der Waals surface area contributed by atoms with Crippen LogP contribution < -0.4 is 10.3 Å². The minimum absolute atomic E-state index is 0.0306. The number of fused-ring (bicyclic) bond motifs is 1. The van der Waals surface area contributed by atoms with Crippen molar-refractivity contribution in [1.82, 2.24) is 9.38 Å². The molecule has 0 atom stereocenters. The minimum atomic E-state index is -0.737. The van der Waals surface area contributed by atoms with Gasteiger partial charge in [-0.3, -0.25) is 19.3 Å². The van der Waals surface area contributed by atoms with Gasteiger partial charge in [-0.05, 0) is 25.1 Å². The molecule has 138 valence electrons. The van der Waals surface area contributed by atoms with E-state index < -0.39 is 17.5 Å². The van der Waals surface area contributed by atoms with Crippen LogP contribution in [0.25, 0.3) is 5.65 Å². The smallest absolute Gasteiger partial charge is 0.344 e. The van der Waals surface area contributed by atoms with Crippen LogP contribution in [0.2, 0.25) is 0 Å². The lowest BCUT2D eigenvalue weighted by atomic mass is 10.3. The van der Waals surface area contributed by atoms with E-state index in [0.717, 1.165) is 5.69 Å². The number of hydrogen-bond donors (Lipinski definition) is 0. The zero-order chi connectivity index (χ0) is 19.4. The lowest BCUT2D eigenvalue weighted by Crippen LogP contribution is -2.19. The van der Waals surface area contributed by atoms with Gasteiger partial charge in [0, 0.05) is 17.8 Å². The molecular weight excluding hydrogens is 354 g/mol. The Morgan fingerprint density at radius 2 is 2.00 bits per heavy atom. The molecule has 0 aliphatic heterocycles. The molecule has 0 unspecified atom stereocenters. The van der Waals surface area contributed by atoms with Crippen LogP contribution in [-0.4, -0.2) is 26.9 Å². The highest BCUT2D eigenvalue weighted by molar-refractivity contribution is 5.71. The summed E-state index contributed by atoms with van der Waals surface area (Å²) in [4.78, 5) is 38.6. The first-order valence-electron chi connectivity index (χ1n) is 7.96. The number of benzene rings is 1. The molecule has 2 aromatic heterocycles. The Hall–Kier alpha value is -3.75. The minimum Gasteiger partial charge on any atom is -0.475 e. The molecule has 9 nitrogen and oxygen atoms in total. The number of aryl methyl sites for hydroxylation is 1. The van der Waals surface area contributed by atoms with Gasteiger partial charge in [0.15, 0.2) is 12.4 Å². The second-order valence-electron chi connectivity index (χ2n) is 5.62. The summed E-state index contributed by atoms with van der Waals surface area (Å²) in [5, 5.41) is 10.9. The van der Waals surface area contributed by atoms with Crippen molar-refractivity contribution >= 4 is 17.3 Å². The third kappa shape index (κ3) is 4.09. The van der Waals surface area contributed by atoms with Crippen LogP contribution in [0.15, 0.2) is 53.3 Å². The molecule has 2 heterocycles. The standard InChI is InChI=1S/C18H15N3O6/c1-12-5-4-8-16-19-13(9-17(22)20(12)16)10-27-18(23)11-26-15-7-3-2-6-14(15)21(24)25/h2-9H,10-11H2,1H3. The molecule has 0 N–H and O–H groups in total. The number of hydrogen-bond acceptors (Lipinski definition) is 7. The molecule has 27 heavy (non-hydrogen) atoms. The van der Waals surface area contributed by atoms with Crippen LogP contribution in [0.4, 0.5) is 5.69 Å². The monoisotopic (exact) mass is 369 g/mol. The van der Waals surface area contributed by atoms with Crippen LogP contribution in [-0.2, 0) is 16.1 Å². The first-order chi connectivity index (χ1) is 13.0. The Bertz CT molecular complexity index is 1080. The van der Waals surface area contributed by atoms with Crippen LogP contribution in [0, 0.1) is 17.0 Å². The van der Waals surface area contributed by atoms with Gasteiger partial charge in [0.25, 0.3) is 5.56 Å². The van der Waals surface area contributed by atoms with Gasteiger partial charge in [0.05, 0.1) is 10.6 Å². The van der Waals surface area contributed by atoms with Crippen molar-refractivity contribution in [3.8, 4) is 5.75 Å². The molecule has 3 aromatic rings. The number of nitro groups is 1. The molecule has 0 amide bonds. The summed E-state index contributed by atoms with van der Waals surface area (Å²) in [7, 11) is 0. The van der Waals surface area contributed by atoms with Crippen molar-refractivity contribution in [3.63, 3.8) is 0 Å². The van der Waals surface area contributed by atoms with Gasteiger partial charge in [-0.15, -0.1) is 0 Å². The molecule has 0 bridgehead atoms. The Morgan fingerprint density at radius 3 is 2.78 bits per heavy atom. The van der Waals surface area contributed by atoms with E-state index in [0.29, 0.717) is 11.3 Å². The predicted molar refractivity (Wildman–Crippen MR) is 94.6 cm³/mol. The lowest BCUT2D eigenvalue weighted by molar-refractivity contribution is -0.385. The summed E-state index contributed by atoms with van der Waals surface area (Å²) >= 11 is 0. The molecule has 0 aliphatic rings. The van der Waals surface area contributed by atoms with Crippen LogP contribution in [0.3, 0.4) is 0 Å². The largest absolute Gasteiger partial charge is 0.475 e. The highest BCUT2D eigenvalue weighted by atomic mass is 16.6. The molecule has 0 radical (unpaired) electrons. The van der Waals surface area contributed by atoms with Crippen molar-refractivity contribution in [2.24, 2.45) is 0 Å². The summed E-state index contributed by atoms with van der Waals surface area (Å²) in [6.45, 7) is 1.07. The summed E-state index contributed by atoms with van der Waals surface area (Å²) < 4.78 is 11.6. The highest BCUT2D eigenvalue weighted by Gasteiger charge is 2.15. The average Bonchev–Trinajstić information content (AvgIpc) is 2.64. The SMILES string of the molecule is Cc1cccc2nc(COC(=O)COc3ccccc3[N+](=O)[O-])cc(=O)n12. The van der Waals surface area contributed by atoms with Gasteiger partial charge in [-0.25, -0.2) is 9.78 Å². The van der Waals surface area contributed by atoms with Crippen LogP contribution >= 0.6 is 0 Å². The maximum Gasteiger partial charge on any atom is 0.344 e. The fraction of sp³-hybridized carbons (Fsp3) is 0.167. The number of ether oxygens (including phenoxy) is 2. The van der Waals surface area contributed by atoms with E-state index in [-0.39, 0.29) is 23.6 Å². The quantitative estimate of drug-likeness (QED) is 0.371. The van der Waals surface area contributed by atoms with E-state index in [9.17, 15) is 19.7 Å². The Kier molecular flexibility index (Phi) is 5.11. The van der Waals surface area contributed by atoms with Gasteiger partial charge in [0.1, 0.15) is 12.3 Å². The molecule has 1 aromatic carbocycles. The van der Waals surface area contributed by atoms with Crippen LogP contribution in [0.1, 0.15) is 11.4 Å². The maximum atomic E-state index is 12.2. The summed E-state index contributed by atoms with van der Waals surface area (Å²) in [5.41, 5.74) is 0.964. The number of carbonyl (C=O) groups excluding carboxylic acids is 1. The topological polar surface area (TPSA) is 113 Å². The fourth-order valence-electron chi connectivity index (χ4n) is 2.50. The first kappa shape index (κ1) is 18.1. The van der Waals surface area contributed by atoms with Gasteiger partial charge in [0.2, 0.25) is 0 Å². The van der Waals surface area contributed by atoms with Crippen LogP contribution in [0.5, 0.6) is 5.75 Å².